The highest BCUT2D eigenvalue weighted by Gasteiger charge is 2.33. The normalized spacial score (nSPS) is 11.9. The average Bonchev–Trinajstić information content (AvgIpc) is 2.89. The average molecular weight is 603 g/mol. The van der Waals surface area contributed by atoms with E-state index in [1.165, 1.54) is 31.2 Å². The first-order valence-electron chi connectivity index (χ1n) is 12.0. The molecule has 3 rings (SSSR count). The summed E-state index contributed by atoms with van der Waals surface area (Å²) in [6, 6.07) is 18.1. The number of hydrogen-bond donors (Lipinski definition) is 1. The van der Waals surface area contributed by atoms with Gasteiger partial charge in [0, 0.05) is 18.1 Å². The van der Waals surface area contributed by atoms with Gasteiger partial charge in [-0.3, -0.25) is 13.9 Å². The molecule has 0 unspecified atom stereocenters. The second kappa shape index (κ2) is 12.4. The Morgan fingerprint density at radius 3 is 2.26 bits per heavy atom. The number of hydrogen-bond acceptors (Lipinski definition) is 5. The zero-order valence-electron chi connectivity index (χ0n) is 22.1. The Labute approximate surface area is 232 Å². The summed E-state index contributed by atoms with van der Waals surface area (Å²) in [6.45, 7) is 4.87. The minimum Gasteiger partial charge on any atom is -0.495 e. The van der Waals surface area contributed by atoms with Gasteiger partial charge in [0.1, 0.15) is 18.3 Å². The van der Waals surface area contributed by atoms with Crippen LogP contribution in [0.15, 0.2) is 76.1 Å². The molecule has 0 heterocycles. The van der Waals surface area contributed by atoms with E-state index in [0.29, 0.717) is 5.75 Å². The van der Waals surface area contributed by atoms with Crippen LogP contribution in [-0.2, 0) is 26.2 Å². The Hall–Kier alpha value is -3.37. The number of likely N-dealkylation sites (N-methyl/N-ethyl adjacent to an activating group) is 1. The molecule has 3 aromatic rings. The molecule has 0 aliphatic heterocycles. The Morgan fingerprint density at radius 1 is 1.00 bits per heavy atom. The number of methoxy groups -OCH3 is 1. The molecule has 0 spiro atoms. The van der Waals surface area contributed by atoms with Crippen LogP contribution >= 0.6 is 15.9 Å². The molecule has 0 radical (unpaired) electrons. The van der Waals surface area contributed by atoms with E-state index in [-0.39, 0.29) is 23.0 Å². The molecule has 10 heteroatoms. The van der Waals surface area contributed by atoms with Crippen LogP contribution in [0.5, 0.6) is 5.75 Å². The third-order valence-electron chi connectivity index (χ3n) is 6.15. The molecule has 0 saturated heterocycles. The minimum absolute atomic E-state index is 0.0392. The van der Waals surface area contributed by atoms with Crippen molar-refractivity contribution in [3.63, 3.8) is 0 Å². The van der Waals surface area contributed by atoms with Crippen LogP contribution in [0.2, 0.25) is 0 Å². The number of carbonyl (C=O) groups is 2. The summed E-state index contributed by atoms with van der Waals surface area (Å²) in [6.07, 6.45) is 0. The van der Waals surface area contributed by atoms with Gasteiger partial charge in [0.25, 0.3) is 10.0 Å². The zero-order chi connectivity index (χ0) is 28.0. The number of sulfonamides is 1. The number of ether oxygens (including phenoxy) is 1. The van der Waals surface area contributed by atoms with Crippen LogP contribution in [-0.4, -0.2) is 51.9 Å². The maximum atomic E-state index is 14.0. The Morgan fingerprint density at radius 2 is 1.66 bits per heavy atom. The SMILES string of the molecule is CNC(=O)[C@@H](C)N(Cc1cccc(Br)c1)C(=O)CN(c1cc(C)ccc1OC)S(=O)(=O)c1ccc(C)cc1. The fourth-order valence-corrected chi connectivity index (χ4v) is 5.83. The lowest BCUT2D eigenvalue weighted by atomic mass is 10.1. The van der Waals surface area contributed by atoms with Crippen molar-refractivity contribution in [3.8, 4) is 5.75 Å². The topological polar surface area (TPSA) is 96.0 Å². The van der Waals surface area contributed by atoms with Gasteiger partial charge in [0.15, 0.2) is 0 Å². The number of benzene rings is 3. The van der Waals surface area contributed by atoms with Crippen molar-refractivity contribution in [2.24, 2.45) is 0 Å². The number of nitrogens with one attached hydrogen (secondary N) is 1. The van der Waals surface area contributed by atoms with E-state index in [9.17, 15) is 18.0 Å². The third kappa shape index (κ3) is 6.73. The summed E-state index contributed by atoms with van der Waals surface area (Å²) in [7, 11) is -1.25. The van der Waals surface area contributed by atoms with Crippen molar-refractivity contribution >= 4 is 43.5 Å². The molecule has 0 aliphatic carbocycles. The Bertz CT molecular complexity index is 1410. The van der Waals surface area contributed by atoms with E-state index >= 15 is 0 Å². The van der Waals surface area contributed by atoms with E-state index in [2.05, 4.69) is 21.2 Å². The van der Waals surface area contributed by atoms with Gasteiger partial charge in [-0.05, 0) is 68.3 Å². The van der Waals surface area contributed by atoms with E-state index < -0.39 is 28.5 Å². The van der Waals surface area contributed by atoms with Gasteiger partial charge < -0.3 is 15.0 Å². The van der Waals surface area contributed by atoms with E-state index in [0.717, 1.165) is 25.5 Å². The lowest BCUT2D eigenvalue weighted by molar-refractivity contribution is -0.139. The maximum absolute atomic E-state index is 14.0. The molecular weight excluding hydrogens is 570 g/mol. The van der Waals surface area contributed by atoms with Gasteiger partial charge in [-0.1, -0.05) is 51.8 Å². The maximum Gasteiger partial charge on any atom is 0.264 e. The van der Waals surface area contributed by atoms with E-state index in [1.54, 1.807) is 37.3 Å². The molecule has 2 amide bonds. The number of rotatable bonds is 10. The van der Waals surface area contributed by atoms with Crippen molar-refractivity contribution in [1.29, 1.82) is 0 Å². The van der Waals surface area contributed by atoms with Crippen molar-refractivity contribution in [2.45, 2.75) is 38.3 Å². The van der Waals surface area contributed by atoms with Gasteiger partial charge in [-0.15, -0.1) is 0 Å². The number of anilines is 1. The summed E-state index contributed by atoms with van der Waals surface area (Å²) < 4.78 is 35.3. The number of carbonyl (C=O) groups excluding carboxylic acids is 2. The highest BCUT2D eigenvalue weighted by Crippen LogP contribution is 2.34. The predicted molar refractivity (Wildman–Crippen MR) is 152 cm³/mol. The van der Waals surface area contributed by atoms with Gasteiger partial charge >= 0.3 is 0 Å². The second-order valence-corrected chi connectivity index (χ2v) is 11.7. The summed E-state index contributed by atoms with van der Waals surface area (Å²) in [4.78, 5) is 27.9. The van der Waals surface area contributed by atoms with Gasteiger partial charge in [0.05, 0.1) is 17.7 Å². The molecule has 3 aromatic carbocycles. The van der Waals surface area contributed by atoms with Gasteiger partial charge in [-0.2, -0.15) is 0 Å². The Balaban J connectivity index is 2.11. The molecule has 0 aromatic heterocycles. The number of halogens is 1. The van der Waals surface area contributed by atoms with Gasteiger partial charge in [0.2, 0.25) is 11.8 Å². The van der Waals surface area contributed by atoms with Crippen molar-refractivity contribution in [1.82, 2.24) is 10.2 Å². The summed E-state index contributed by atoms with van der Waals surface area (Å²) in [5, 5.41) is 2.58. The van der Waals surface area contributed by atoms with Crippen LogP contribution < -0.4 is 14.4 Å². The monoisotopic (exact) mass is 601 g/mol. The van der Waals surface area contributed by atoms with Crippen molar-refractivity contribution < 1.29 is 22.7 Å². The summed E-state index contributed by atoms with van der Waals surface area (Å²) >= 11 is 3.44. The molecule has 0 saturated carbocycles. The first kappa shape index (κ1) is 29.2. The third-order valence-corrected chi connectivity index (χ3v) is 8.41. The first-order valence-corrected chi connectivity index (χ1v) is 14.2. The van der Waals surface area contributed by atoms with Crippen LogP contribution in [0.4, 0.5) is 5.69 Å². The van der Waals surface area contributed by atoms with Crippen LogP contribution in [0.25, 0.3) is 0 Å². The molecule has 202 valence electrons. The van der Waals surface area contributed by atoms with Crippen LogP contribution in [0.3, 0.4) is 0 Å². The molecule has 8 nitrogen and oxygen atoms in total. The minimum atomic E-state index is -4.18. The standard InChI is InChI=1S/C28H32BrN3O5S/c1-19-9-12-24(13-10-19)38(35,36)32(25-15-20(2)11-14-26(25)37-5)18-27(33)31(21(3)28(34)30-4)17-22-7-6-8-23(29)16-22/h6-16,21H,17-18H2,1-5H3,(H,30,34)/t21-/m1/s1. The van der Waals surface area contributed by atoms with E-state index in [4.69, 9.17) is 4.74 Å². The molecule has 0 bridgehead atoms. The van der Waals surface area contributed by atoms with Crippen LogP contribution in [0.1, 0.15) is 23.6 Å². The first-order chi connectivity index (χ1) is 18.0. The Kier molecular flexibility index (Phi) is 9.56. The van der Waals surface area contributed by atoms with Gasteiger partial charge in [-0.25, -0.2) is 8.42 Å². The predicted octanol–water partition coefficient (Wildman–Crippen LogP) is 4.43. The van der Waals surface area contributed by atoms with E-state index in [1.807, 2.05) is 38.1 Å². The number of nitrogens with zero attached hydrogens (tertiary/aromatic N) is 2. The molecule has 1 atom stereocenters. The lowest BCUT2D eigenvalue weighted by Crippen LogP contribution is -2.50. The number of aryl methyl sites for hydroxylation is 2. The van der Waals surface area contributed by atoms with Crippen LogP contribution in [0, 0.1) is 13.8 Å². The highest BCUT2D eigenvalue weighted by molar-refractivity contribution is 9.10. The van der Waals surface area contributed by atoms with Crippen molar-refractivity contribution in [3.05, 3.63) is 87.9 Å². The molecule has 0 aliphatic rings. The second-order valence-electron chi connectivity index (χ2n) is 8.94. The molecule has 38 heavy (non-hydrogen) atoms. The molecular formula is C28H32BrN3O5S. The molecule has 0 fully saturated rings. The summed E-state index contributed by atoms with van der Waals surface area (Å²) in [5.41, 5.74) is 2.71. The zero-order valence-corrected chi connectivity index (χ0v) is 24.5. The van der Waals surface area contributed by atoms with Crippen molar-refractivity contribution in [2.75, 3.05) is 25.0 Å². The molecule has 1 N–H and O–H groups in total. The number of amides is 2. The fraction of sp³-hybridized carbons (Fsp3) is 0.286. The highest BCUT2D eigenvalue weighted by atomic mass is 79.9. The summed E-state index contributed by atoms with van der Waals surface area (Å²) in [5.74, 6) is -0.605. The lowest BCUT2D eigenvalue weighted by Gasteiger charge is -2.32. The largest absolute Gasteiger partial charge is 0.495 e. The fourth-order valence-electron chi connectivity index (χ4n) is 3.97. The smallest absolute Gasteiger partial charge is 0.264 e. The quantitative estimate of drug-likeness (QED) is 0.371.